The Morgan fingerprint density at radius 3 is 2.10 bits per heavy atom. The number of rotatable bonds is 6. The van der Waals surface area contributed by atoms with E-state index >= 15 is 0 Å². The third-order valence-corrected chi connectivity index (χ3v) is 7.77. The van der Waals surface area contributed by atoms with E-state index in [0.717, 1.165) is 0 Å². The molecule has 0 saturated heterocycles. The Morgan fingerprint density at radius 1 is 1.13 bits per heavy atom. The molecule has 0 aromatic carbocycles. The van der Waals surface area contributed by atoms with Crippen LogP contribution in [0.1, 0.15) is 46.0 Å². The maximum atomic E-state index is 13.8. The lowest BCUT2D eigenvalue weighted by atomic mass is 9.45. The van der Waals surface area contributed by atoms with Gasteiger partial charge in [0.2, 0.25) is 0 Å². The number of hydrogen-bond donors (Lipinski definition) is 1. The third-order valence-electron chi connectivity index (χ3n) is 6.87. The zero-order valence-electron chi connectivity index (χ0n) is 16.3. The second kappa shape index (κ2) is 7.04. The van der Waals surface area contributed by atoms with Crippen LogP contribution in [0.5, 0.6) is 0 Å². The van der Waals surface area contributed by atoms with E-state index in [-0.39, 0.29) is 37.0 Å². The van der Waals surface area contributed by atoms with Crippen LogP contribution in [0.25, 0.3) is 0 Å². The molecule has 4 fully saturated rings. The van der Waals surface area contributed by atoms with Crippen molar-refractivity contribution in [3.63, 3.8) is 0 Å². The van der Waals surface area contributed by atoms with Gasteiger partial charge in [-0.25, -0.2) is 0 Å². The molecule has 4 saturated carbocycles. The monoisotopic (exact) mass is 462 g/mol. The van der Waals surface area contributed by atoms with Gasteiger partial charge in [-0.15, -0.1) is 0 Å². The van der Waals surface area contributed by atoms with Gasteiger partial charge in [0.15, 0.2) is 0 Å². The standard InChI is InChI=1S/C18H23F5O6S/c1-3-4-28-15(2)11-5-10-6-12(15)9-16(7-10,8-11)14(24)29-13(17(19,20)21)18(22,23)30(25,26)27/h3-4,10-13H,5-9H2,1-2H3,(H,25,26,27). The lowest BCUT2D eigenvalue weighted by Crippen LogP contribution is -2.63. The van der Waals surface area contributed by atoms with Crippen molar-refractivity contribution in [2.75, 3.05) is 0 Å². The lowest BCUT2D eigenvalue weighted by molar-refractivity contribution is -0.270. The van der Waals surface area contributed by atoms with Crippen molar-refractivity contribution in [1.82, 2.24) is 0 Å². The second-order valence-corrected chi connectivity index (χ2v) is 10.3. The smallest absolute Gasteiger partial charge is 0.432 e. The van der Waals surface area contributed by atoms with Crippen molar-refractivity contribution < 1.29 is 49.2 Å². The molecular formula is C18H23F5O6S. The fourth-order valence-electron chi connectivity index (χ4n) is 5.54. The SMILES string of the molecule is CC=COC1(C)C2CC3CC1CC(C(=O)OC(C(F)(F)F)C(F)(F)S(=O)(=O)O)(C3)C2. The molecule has 172 valence electrons. The summed E-state index contributed by atoms with van der Waals surface area (Å²) in [6.45, 7) is 3.62. The molecule has 0 aromatic heterocycles. The Morgan fingerprint density at radius 2 is 1.67 bits per heavy atom. The molecule has 12 heteroatoms. The number of halogens is 5. The quantitative estimate of drug-likeness (QED) is 0.277. The topological polar surface area (TPSA) is 89.9 Å². The molecule has 6 nitrogen and oxygen atoms in total. The summed E-state index contributed by atoms with van der Waals surface area (Å²) in [4.78, 5) is 12.8. The molecule has 0 aromatic rings. The number of carbonyl (C=O) groups excluding carboxylic acids is 1. The van der Waals surface area contributed by atoms with Gasteiger partial charge in [0.05, 0.1) is 11.7 Å². The Balaban J connectivity index is 1.89. The lowest BCUT2D eigenvalue weighted by Gasteiger charge is -2.62. The van der Waals surface area contributed by atoms with Crippen LogP contribution in [0.3, 0.4) is 0 Å². The van der Waals surface area contributed by atoms with Crippen LogP contribution < -0.4 is 0 Å². The molecule has 4 rings (SSSR count). The predicted molar refractivity (Wildman–Crippen MR) is 92.7 cm³/mol. The van der Waals surface area contributed by atoms with Crippen molar-refractivity contribution in [2.24, 2.45) is 23.2 Å². The number of hydrogen-bond acceptors (Lipinski definition) is 5. The summed E-state index contributed by atoms with van der Waals surface area (Å²) in [6, 6.07) is 0. The van der Waals surface area contributed by atoms with Crippen molar-refractivity contribution in [2.45, 2.75) is 69.1 Å². The predicted octanol–water partition coefficient (Wildman–Crippen LogP) is 4.08. The summed E-state index contributed by atoms with van der Waals surface area (Å²) < 4.78 is 107. The Bertz CT molecular complexity index is 820. The normalized spacial score (nSPS) is 37.4. The van der Waals surface area contributed by atoms with Crippen molar-refractivity contribution >= 4 is 16.1 Å². The highest BCUT2D eigenvalue weighted by Crippen LogP contribution is 2.65. The van der Waals surface area contributed by atoms with Crippen LogP contribution in [0.2, 0.25) is 0 Å². The molecule has 0 heterocycles. The number of ether oxygens (including phenoxy) is 2. The van der Waals surface area contributed by atoms with Gasteiger partial charge in [0, 0.05) is 0 Å². The summed E-state index contributed by atoms with van der Waals surface area (Å²) in [7, 11) is -6.47. The highest BCUT2D eigenvalue weighted by atomic mass is 32.2. The Kier molecular flexibility index (Phi) is 5.46. The van der Waals surface area contributed by atoms with Crippen LogP contribution >= 0.6 is 0 Å². The Labute approximate surface area is 170 Å². The van der Waals surface area contributed by atoms with Crippen molar-refractivity contribution in [3.8, 4) is 0 Å². The van der Waals surface area contributed by atoms with Gasteiger partial charge < -0.3 is 9.47 Å². The molecule has 0 aliphatic heterocycles. The molecule has 0 amide bonds. The van der Waals surface area contributed by atoms with Gasteiger partial charge in [-0.3, -0.25) is 9.35 Å². The summed E-state index contributed by atoms with van der Waals surface area (Å²) in [5.41, 5.74) is -2.07. The first-order valence-corrected chi connectivity index (χ1v) is 10.9. The van der Waals surface area contributed by atoms with Crippen LogP contribution in [0.4, 0.5) is 22.0 Å². The first-order valence-electron chi connectivity index (χ1n) is 9.48. The molecule has 1 N–H and O–H groups in total. The summed E-state index contributed by atoms with van der Waals surface area (Å²) >= 11 is 0. The number of esters is 1. The van der Waals surface area contributed by atoms with E-state index in [4.69, 9.17) is 9.29 Å². The second-order valence-electron chi connectivity index (χ2n) is 8.76. The van der Waals surface area contributed by atoms with Gasteiger partial charge in [0.25, 0.3) is 6.10 Å². The average Bonchev–Trinajstić information content (AvgIpc) is 2.59. The van der Waals surface area contributed by atoms with Gasteiger partial charge in [-0.1, -0.05) is 6.08 Å². The van der Waals surface area contributed by atoms with Crippen LogP contribution in [-0.4, -0.2) is 42.1 Å². The maximum absolute atomic E-state index is 13.8. The van der Waals surface area contributed by atoms with Gasteiger partial charge in [-0.2, -0.15) is 30.4 Å². The molecule has 4 aliphatic carbocycles. The molecule has 30 heavy (non-hydrogen) atoms. The Hall–Kier alpha value is -1.43. The first kappa shape index (κ1) is 23.2. The third kappa shape index (κ3) is 3.59. The number of carbonyl (C=O) groups is 1. The van der Waals surface area contributed by atoms with Gasteiger partial charge >= 0.3 is 27.5 Å². The van der Waals surface area contributed by atoms with E-state index in [1.54, 1.807) is 13.0 Å². The summed E-state index contributed by atoms with van der Waals surface area (Å²) in [5, 5.41) is -5.73. The molecule has 0 spiro atoms. The highest BCUT2D eigenvalue weighted by molar-refractivity contribution is 7.86. The molecule has 3 unspecified atom stereocenters. The van der Waals surface area contributed by atoms with E-state index in [2.05, 4.69) is 4.74 Å². The molecular weight excluding hydrogens is 439 g/mol. The van der Waals surface area contributed by atoms with E-state index < -0.39 is 44.6 Å². The van der Waals surface area contributed by atoms with E-state index in [1.165, 1.54) is 6.26 Å². The van der Waals surface area contributed by atoms with Crippen LogP contribution in [0.15, 0.2) is 12.3 Å². The van der Waals surface area contributed by atoms with Crippen molar-refractivity contribution in [1.29, 1.82) is 0 Å². The van der Waals surface area contributed by atoms with E-state index in [1.807, 2.05) is 6.92 Å². The summed E-state index contributed by atoms with van der Waals surface area (Å²) in [5.74, 6) is -1.90. The molecule has 0 radical (unpaired) electrons. The zero-order valence-corrected chi connectivity index (χ0v) is 17.1. The van der Waals surface area contributed by atoms with Gasteiger partial charge in [0.1, 0.15) is 5.60 Å². The van der Waals surface area contributed by atoms with Gasteiger partial charge in [-0.05, 0) is 63.7 Å². The summed E-state index contributed by atoms with van der Waals surface area (Å²) in [6.07, 6.45) is -5.27. The molecule has 3 atom stereocenters. The molecule has 4 aliphatic rings. The minimum absolute atomic E-state index is 0.00347. The van der Waals surface area contributed by atoms with E-state index in [0.29, 0.717) is 12.8 Å². The zero-order chi connectivity index (χ0) is 22.8. The maximum Gasteiger partial charge on any atom is 0.432 e. The molecule has 4 bridgehead atoms. The minimum Gasteiger partial charge on any atom is -0.495 e. The van der Waals surface area contributed by atoms with Crippen LogP contribution in [0, 0.1) is 23.2 Å². The largest absolute Gasteiger partial charge is 0.495 e. The van der Waals surface area contributed by atoms with E-state index in [9.17, 15) is 35.2 Å². The van der Waals surface area contributed by atoms with Crippen LogP contribution in [-0.2, 0) is 24.4 Å². The average molecular weight is 462 g/mol. The number of allylic oxidation sites excluding steroid dienone is 1. The first-order chi connectivity index (χ1) is 13.6. The number of alkyl halides is 5. The fourth-order valence-corrected chi connectivity index (χ4v) is 5.99. The van der Waals surface area contributed by atoms with Crippen molar-refractivity contribution in [3.05, 3.63) is 12.3 Å². The minimum atomic E-state index is -6.47. The fraction of sp³-hybridized carbons (Fsp3) is 0.833. The highest BCUT2D eigenvalue weighted by Gasteiger charge is 2.69.